The minimum absolute atomic E-state index is 0.176. The molecule has 4 nitrogen and oxygen atoms in total. The summed E-state index contributed by atoms with van der Waals surface area (Å²) in [6.45, 7) is 14.5. The van der Waals surface area contributed by atoms with Gasteiger partial charge >= 0.3 is 0 Å². The molecule has 2 rings (SSSR count). The van der Waals surface area contributed by atoms with Gasteiger partial charge in [0, 0.05) is 32.7 Å². The van der Waals surface area contributed by atoms with E-state index in [1.165, 1.54) is 0 Å². The SMILES string of the molecule is CC1(C)C(CNC(=O)CN2CCNCC2)C1(C)C. The van der Waals surface area contributed by atoms with Crippen molar-refractivity contribution < 1.29 is 4.79 Å². The van der Waals surface area contributed by atoms with Crippen LogP contribution in [-0.2, 0) is 4.79 Å². The molecule has 4 heteroatoms. The van der Waals surface area contributed by atoms with Crippen LogP contribution in [0.4, 0.5) is 0 Å². The highest BCUT2D eigenvalue weighted by Gasteiger charge is 2.64. The summed E-state index contributed by atoms with van der Waals surface area (Å²) in [6, 6.07) is 0. The van der Waals surface area contributed by atoms with Crippen molar-refractivity contribution in [2.45, 2.75) is 27.7 Å². The van der Waals surface area contributed by atoms with E-state index in [9.17, 15) is 4.79 Å². The Morgan fingerprint density at radius 2 is 1.78 bits per heavy atom. The Kier molecular flexibility index (Phi) is 3.70. The number of hydrogen-bond donors (Lipinski definition) is 2. The zero-order valence-corrected chi connectivity index (χ0v) is 12.2. The van der Waals surface area contributed by atoms with Gasteiger partial charge in [0.15, 0.2) is 0 Å². The molecule has 2 fully saturated rings. The van der Waals surface area contributed by atoms with E-state index in [-0.39, 0.29) is 5.91 Å². The van der Waals surface area contributed by atoms with Crippen LogP contribution in [0.2, 0.25) is 0 Å². The van der Waals surface area contributed by atoms with E-state index in [1.807, 2.05) is 0 Å². The maximum absolute atomic E-state index is 11.9. The minimum atomic E-state index is 0.176. The van der Waals surface area contributed by atoms with Crippen molar-refractivity contribution >= 4 is 5.91 Å². The second kappa shape index (κ2) is 4.82. The van der Waals surface area contributed by atoms with Gasteiger partial charge in [0.2, 0.25) is 5.91 Å². The molecule has 104 valence electrons. The summed E-state index contributed by atoms with van der Waals surface area (Å²) >= 11 is 0. The van der Waals surface area contributed by atoms with Crippen molar-refractivity contribution in [2.24, 2.45) is 16.7 Å². The second-order valence-corrected chi connectivity index (χ2v) is 6.83. The second-order valence-electron chi connectivity index (χ2n) is 6.83. The Morgan fingerprint density at radius 1 is 1.22 bits per heavy atom. The average Bonchev–Trinajstić information content (AvgIpc) is 2.68. The molecule has 0 aromatic heterocycles. The Morgan fingerprint density at radius 3 is 2.28 bits per heavy atom. The maximum Gasteiger partial charge on any atom is 0.234 e. The molecule has 2 N–H and O–H groups in total. The number of nitrogens with one attached hydrogen (secondary N) is 2. The van der Waals surface area contributed by atoms with E-state index in [1.54, 1.807) is 0 Å². The first-order chi connectivity index (χ1) is 8.35. The first kappa shape index (κ1) is 13.8. The lowest BCUT2D eigenvalue weighted by molar-refractivity contribution is -0.122. The van der Waals surface area contributed by atoms with Gasteiger partial charge in [-0.25, -0.2) is 0 Å². The van der Waals surface area contributed by atoms with Crippen LogP contribution in [0.5, 0.6) is 0 Å². The van der Waals surface area contributed by atoms with E-state index in [2.05, 4.69) is 43.2 Å². The highest BCUT2D eigenvalue weighted by Crippen LogP contribution is 2.67. The Balaban J connectivity index is 1.70. The third kappa shape index (κ3) is 2.54. The predicted molar refractivity (Wildman–Crippen MR) is 73.4 cm³/mol. The Bertz CT molecular complexity index is 305. The lowest BCUT2D eigenvalue weighted by Crippen LogP contribution is -2.47. The molecule has 0 atom stereocenters. The number of carbonyl (C=O) groups is 1. The summed E-state index contributed by atoms with van der Waals surface area (Å²) in [7, 11) is 0. The fraction of sp³-hybridized carbons (Fsp3) is 0.929. The fourth-order valence-electron chi connectivity index (χ4n) is 3.19. The number of amides is 1. The van der Waals surface area contributed by atoms with E-state index in [4.69, 9.17) is 0 Å². The third-order valence-corrected chi connectivity index (χ3v) is 5.40. The van der Waals surface area contributed by atoms with Crippen LogP contribution in [0.3, 0.4) is 0 Å². The van der Waals surface area contributed by atoms with Gasteiger partial charge in [0.25, 0.3) is 0 Å². The van der Waals surface area contributed by atoms with Gasteiger partial charge < -0.3 is 10.6 Å². The summed E-state index contributed by atoms with van der Waals surface area (Å²) < 4.78 is 0. The number of hydrogen-bond acceptors (Lipinski definition) is 3. The molecular formula is C14H27N3O. The molecule has 0 bridgehead atoms. The van der Waals surface area contributed by atoms with Crippen molar-refractivity contribution in [1.82, 2.24) is 15.5 Å². The lowest BCUT2D eigenvalue weighted by Gasteiger charge is -2.26. The maximum atomic E-state index is 11.9. The van der Waals surface area contributed by atoms with Gasteiger partial charge in [-0.15, -0.1) is 0 Å². The molecular weight excluding hydrogens is 226 g/mol. The van der Waals surface area contributed by atoms with Gasteiger partial charge in [-0.1, -0.05) is 27.7 Å². The Hall–Kier alpha value is -0.610. The average molecular weight is 253 g/mol. The van der Waals surface area contributed by atoms with Crippen LogP contribution >= 0.6 is 0 Å². The van der Waals surface area contributed by atoms with Crippen LogP contribution in [0.25, 0.3) is 0 Å². The molecule has 18 heavy (non-hydrogen) atoms. The minimum Gasteiger partial charge on any atom is -0.355 e. The fourth-order valence-corrected chi connectivity index (χ4v) is 3.19. The van der Waals surface area contributed by atoms with E-state index in [0.717, 1.165) is 32.7 Å². The van der Waals surface area contributed by atoms with Gasteiger partial charge in [-0.05, 0) is 16.7 Å². The monoisotopic (exact) mass is 253 g/mol. The molecule has 1 saturated carbocycles. The standard InChI is InChI=1S/C14H27N3O/c1-13(2)11(14(13,3)4)9-16-12(18)10-17-7-5-15-6-8-17/h11,15H,5-10H2,1-4H3,(H,16,18). The van der Waals surface area contributed by atoms with Crippen LogP contribution in [0.15, 0.2) is 0 Å². The van der Waals surface area contributed by atoms with Gasteiger partial charge in [0.1, 0.15) is 0 Å². The number of rotatable bonds is 4. The zero-order chi connectivity index (χ0) is 13.4. The lowest BCUT2D eigenvalue weighted by atomic mass is 10.0. The van der Waals surface area contributed by atoms with Crippen LogP contribution in [-0.4, -0.2) is 50.1 Å². The zero-order valence-electron chi connectivity index (χ0n) is 12.2. The number of carbonyl (C=O) groups excluding carboxylic acids is 1. The van der Waals surface area contributed by atoms with Crippen molar-refractivity contribution in [3.05, 3.63) is 0 Å². The van der Waals surface area contributed by atoms with Crippen molar-refractivity contribution in [3.8, 4) is 0 Å². The van der Waals surface area contributed by atoms with Gasteiger partial charge in [0.05, 0.1) is 6.54 Å². The normalized spacial score (nSPS) is 26.9. The molecule has 1 heterocycles. The highest BCUT2D eigenvalue weighted by atomic mass is 16.2. The van der Waals surface area contributed by atoms with Crippen molar-refractivity contribution in [1.29, 1.82) is 0 Å². The predicted octanol–water partition coefficient (Wildman–Crippen LogP) is 0.690. The summed E-state index contributed by atoms with van der Waals surface area (Å²) in [4.78, 5) is 14.1. The van der Waals surface area contributed by atoms with Crippen LogP contribution in [0.1, 0.15) is 27.7 Å². The number of nitrogens with zero attached hydrogens (tertiary/aromatic N) is 1. The molecule has 0 spiro atoms. The highest BCUT2D eigenvalue weighted by molar-refractivity contribution is 5.78. The molecule has 0 unspecified atom stereocenters. The summed E-state index contributed by atoms with van der Waals surface area (Å²) in [6.07, 6.45) is 0. The van der Waals surface area contributed by atoms with Gasteiger partial charge in [-0.3, -0.25) is 9.69 Å². The molecule has 0 aromatic carbocycles. The van der Waals surface area contributed by atoms with Crippen LogP contribution < -0.4 is 10.6 Å². The smallest absolute Gasteiger partial charge is 0.234 e. The first-order valence-corrected chi connectivity index (χ1v) is 7.05. The largest absolute Gasteiger partial charge is 0.355 e. The van der Waals surface area contributed by atoms with E-state index < -0.39 is 0 Å². The Labute approximate surface area is 110 Å². The third-order valence-electron chi connectivity index (χ3n) is 5.40. The summed E-state index contributed by atoms with van der Waals surface area (Å²) in [5, 5.41) is 6.40. The first-order valence-electron chi connectivity index (χ1n) is 7.05. The molecule has 1 aliphatic carbocycles. The van der Waals surface area contributed by atoms with E-state index in [0.29, 0.717) is 23.3 Å². The van der Waals surface area contributed by atoms with Crippen molar-refractivity contribution in [3.63, 3.8) is 0 Å². The molecule has 1 amide bonds. The summed E-state index contributed by atoms with van der Waals surface area (Å²) in [5.41, 5.74) is 0.713. The molecule has 1 saturated heterocycles. The molecule has 1 aliphatic heterocycles. The van der Waals surface area contributed by atoms with E-state index >= 15 is 0 Å². The molecule has 0 aromatic rings. The van der Waals surface area contributed by atoms with Gasteiger partial charge in [-0.2, -0.15) is 0 Å². The molecule has 0 radical (unpaired) electrons. The molecule has 2 aliphatic rings. The quantitative estimate of drug-likeness (QED) is 0.775. The van der Waals surface area contributed by atoms with Crippen molar-refractivity contribution in [2.75, 3.05) is 39.3 Å². The topological polar surface area (TPSA) is 44.4 Å². The summed E-state index contributed by atoms with van der Waals surface area (Å²) in [5.74, 6) is 0.785. The van der Waals surface area contributed by atoms with Crippen LogP contribution in [0, 0.1) is 16.7 Å². The number of piperazine rings is 1.